The van der Waals surface area contributed by atoms with Crippen LogP contribution < -0.4 is 9.47 Å². The maximum Gasteiger partial charge on any atom is 0.194 e. The highest BCUT2D eigenvalue weighted by atomic mass is 16.5. The number of aliphatic hydroxyl groups excluding tert-OH is 2. The van der Waals surface area contributed by atoms with E-state index in [2.05, 4.69) is 0 Å². The topological polar surface area (TPSA) is 76.0 Å². The van der Waals surface area contributed by atoms with E-state index in [-0.39, 0.29) is 5.78 Å². The lowest BCUT2D eigenvalue weighted by molar-refractivity contribution is 0.104. The van der Waals surface area contributed by atoms with Gasteiger partial charge in [-0.05, 0) is 73.2 Å². The number of benzene rings is 2. The summed E-state index contributed by atoms with van der Waals surface area (Å²) in [4.78, 5) is 13.2. The molecule has 5 nitrogen and oxygen atoms in total. The molecule has 40 heavy (non-hydrogen) atoms. The van der Waals surface area contributed by atoms with E-state index in [1.807, 2.05) is 36.4 Å². The Morgan fingerprint density at radius 3 is 1.10 bits per heavy atom. The standard InChI is InChI=1S/C35H52O5/c36-23-15-11-7-3-1-5-9-13-17-25-39-29-19-21-31-32-22-20-30(28-34(32)35(38)33(31)27-29)40-26-18-14-10-6-2-4-8-12-16-24-37/h19-22,27-28,36-37H,1-18,23-26H2. The van der Waals surface area contributed by atoms with Crippen LogP contribution in [0.15, 0.2) is 36.4 Å². The molecule has 0 atom stereocenters. The van der Waals surface area contributed by atoms with Gasteiger partial charge in [0.15, 0.2) is 5.78 Å². The molecule has 0 saturated carbocycles. The largest absolute Gasteiger partial charge is 0.494 e. The molecule has 1 aliphatic carbocycles. The molecule has 0 fully saturated rings. The Bertz CT molecular complexity index is 908. The minimum Gasteiger partial charge on any atom is -0.494 e. The van der Waals surface area contributed by atoms with Crippen molar-refractivity contribution in [3.8, 4) is 22.6 Å². The maximum atomic E-state index is 13.2. The monoisotopic (exact) mass is 552 g/mol. The average Bonchev–Trinajstić information content (AvgIpc) is 3.25. The molecule has 2 N–H and O–H groups in total. The van der Waals surface area contributed by atoms with Gasteiger partial charge in [-0.1, -0.05) is 89.9 Å². The summed E-state index contributed by atoms with van der Waals surface area (Å²) in [6.45, 7) is 1.99. The Labute approximate surface area is 242 Å². The summed E-state index contributed by atoms with van der Waals surface area (Å²) in [6.07, 6.45) is 21.1. The van der Waals surface area contributed by atoms with E-state index >= 15 is 0 Å². The molecule has 0 aromatic heterocycles. The highest BCUT2D eigenvalue weighted by Gasteiger charge is 2.27. The van der Waals surface area contributed by atoms with Gasteiger partial charge in [0.1, 0.15) is 11.5 Å². The quantitative estimate of drug-likeness (QED) is 0.109. The van der Waals surface area contributed by atoms with Gasteiger partial charge >= 0.3 is 0 Å². The van der Waals surface area contributed by atoms with Crippen LogP contribution in [-0.4, -0.2) is 42.4 Å². The highest BCUT2D eigenvalue weighted by molar-refractivity contribution is 6.22. The van der Waals surface area contributed by atoms with Crippen LogP contribution in [0.2, 0.25) is 0 Å². The van der Waals surface area contributed by atoms with Crippen LogP contribution in [0.4, 0.5) is 0 Å². The zero-order valence-corrected chi connectivity index (χ0v) is 24.6. The molecule has 1 aliphatic rings. The van der Waals surface area contributed by atoms with Gasteiger partial charge in [-0.25, -0.2) is 0 Å². The number of unbranched alkanes of at least 4 members (excludes halogenated alkanes) is 16. The third-order valence-electron chi connectivity index (χ3n) is 7.90. The van der Waals surface area contributed by atoms with Crippen LogP contribution in [0.25, 0.3) is 11.1 Å². The number of aliphatic hydroxyl groups is 2. The van der Waals surface area contributed by atoms with Crippen LogP contribution in [0.5, 0.6) is 11.5 Å². The van der Waals surface area contributed by atoms with Crippen molar-refractivity contribution in [3.05, 3.63) is 47.5 Å². The summed E-state index contributed by atoms with van der Waals surface area (Å²) >= 11 is 0. The first-order valence-corrected chi connectivity index (χ1v) is 16.0. The van der Waals surface area contributed by atoms with E-state index < -0.39 is 0 Å². The zero-order chi connectivity index (χ0) is 28.3. The summed E-state index contributed by atoms with van der Waals surface area (Å²) < 4.78 is 12.0. The van der Waals surface area contributed by atoms with Crippen LogP contribution in [0.3, 0.4) is 0 Å². The lowest BCUT2D eigenvalue weighted by Crippen LogP contribution is -2.01. The molecule has 2 aromatic rings. The molecular formula is C35H52O5. The summed E-state index contributed by atoms with van der Waals surface area (Å²) in [6, 6.07) is 11.8. The molecule has 0 saturated heterocycles. The van der Waals surface area contributed by atoms with Gasteiger partial charge in [0.2, 0.25) is 0 Å². The van der Waals surface area contributed by atoms with Crippen molar-refractivity contribution in [1.29, 1.82) is 0 Å². The highest BCUT2D eigenvalue weighted by Crippen LogP contribution is 2.40. The van der Waals surface area contributed by atoms with E-state index in [0.29, 0.717) is 26.4 Å². The molecule has 0 heterocycles. The minimum atomic E-state index is 0.0545. The van der Waals surface area contributed by atoms with Gasteiger partial charge in [0.25, 0.3) is 0 Å². The predicted octanol–water partition coefficient (Wildman–Crippen LogP) is 8.66. The molecular weight excluding hydrogens is 500 g/mol. The van der Waals surface area contributed by atoms with Crippen molar-refractivity contribution in [2.24, 2.45) is 0 Å². The Morgan fingerprint density at radius 1 is 0.425 bits per heavy atom. The Hall–Kier alpha value is -2.37. The number of carbonyl (C=O) groups is 1. The average molecular weight is 553 g/mol. The van der Waals surface area contributed by atoms with Gasteiger partial charge in [-0.3, -0.25) is 4.79 Å². The summed E-state index contributed by atoms with van der Waals surface area (Å²) in [7, 11) is 0. The van der Waals surface area contributed by atoms with Crippen LogP contribution in [0, 0.1) is 0 Å². The molecule has 0 amide bonds. The van der Waals surface area contributed by atoms with Crippen molar-refractivity contribution >= 4 is 5.78 Å². The molecule has 0 spiro atoms. The predicted molar refractivity (Wildman–Crippen MR) is 164 cm³/mol. The Balaban J connectivity index is 1.31. The van der Waals surface area contributed by atoms with Gasteiger partial charge < -0.3 is 19.7 Å². The van der Waals surface area contributed by atoms with E-state index in [1.54, 1.807) is 0 Å². The lowest BCUT2D eigenvalue weighted by atomic mass is 10.1. The molecule has 0 bridgehead atoms. The van der Waals surface area contributed by atoms with Gasteiger partial charge in [0, 0.05) is 24.3 Å². The van der Waals surface area contributed by atoms with Crippen molar-refractivity contribution in [1.82, 2.24) is 0 Å². The first-order valence-electron chi connectivity index (χ1n) is 16.0. The minimum absolute atomic E-state index is 0.0545. The summed E-state index contributed by atoms with van der Waals surface area (Å²) in [5.74, 6) is 1.59. The first kappa shape index (κ1) is 32.1. The normalized spacial score (nSPS) is 12.0. The molecule has 0 radical (unpaired) electrons. The Morgan fingerprint density at radius 2 is 0.750 bits per heavy atom. The van der Waals surface area contributed by atoms with Crippen LogP contribution >= 0.6 is 0 Å². The van der Waals surface area contributed by atoms with Crippen molar-refractivity contribution in [2.45, 2.75) is 116 Å². The number of ether oxygens (including phenoxy) is 2. The van der Waals surface area contributed by atoms with E-state index in [1.165, 1.54) is 77.0 Å². The fourth-order valence-electron chi connectivity index (χ4n) is 5.50. The second kappa shape index (κ2) is 19.7. The lowest BCUT2D eigenvalue weighted by Gasteiger charge is -2.08. The number of hydrogen-bond donors (Lipinski definition) is 2. The zero-order valence-electron chi connectivity index (χ0n) is 24.6. The van der Waals surface area contributed by atoms with Crippen molar-refractivity contribution in [2.75, 3.05) is 26.4 Å². The molecule has 0 unspecified atom stereocenters. The SMILES string of the molecule is O=C1c2cc(OCCCCCCCCCCCO)ccc2-c2ccc(OCCCCCCCCCCCO)cc21. The van der Waals surface area contributed by atoms with Crippen LogP contribution in [-0.2, 0) is 0 Å². The molecule has 3 rings (SSSR count). The summed E-state index contributed by atoms with van der Waals surface area (Å²) in [5, 5.41) is 17.6. The van der Waals surface area contributed by atoms with Crippen LogP contribution in [0.1, 0.15) is 131 Å². The summed E-state index contributed by atoms with van der Waals surface area (Å²) in [5.41, 5.74) is 3.41. The number of fused-ring (bicyclic) bond motifs is 3. The van der Waals surface area contributed by atoms with Gasteiger partial charge in [-0.15, -0.1) is 0 Å². The third-order valence-corrected chi connectivity index (χ3v) is 7.90. The molecule has 222 valence electrons. The van der Waals surface area contributed by atoms with Gasteiger partial charge in [0.05, 0.1) is 13.2 Å². The maximum absolute atomic E-state index is 13.2. The number of rotatable bonds is 24. The van der Waals surface area contributed by atoms with Gasteiger partial charge in [-0.2, -0.15) is 0 Å². The number of hydrogen-bond acceptors (Lipinski definition) is 5. The third kappa shape index (κ3) is 11.2. The number of carbonyl (C=O) groups excluding carboxylic acids is 1. The molecule has 0 aliphatic heterocycles. The fraction of sp³-hybridized carbons (Fsp3) is 0.629. The van der Waals surface area contributed by atoms with E-state index in [9.17, 15) is 4.79 Å². The molecule has 2 aromatic carbocycles. The molecule has 5 heteroatoms. The van der Waals surface area contributed by atoms with Crippen molar-refractivity contribution < 1.29 is 24.5 Å². The second-order valence-electron chi connectivity index (χ2n) is 11.3. The Kier molecular flexibility index (Phi) is 15.8. The second-order valence-corrected chi connectivity index (χ2v) is 11.3. The number of ketones is 1. The smallest absolute Gasteiger partial charge is 0.194 e. The van der Waals surface area contributed by atoms with E-state index in [0.717, 1.165) is 72.3 Å². The van der Waals surface area contributed by atoms with Crippen molar-refractivity contribution in [3.63, 3.8) is 0 Å². The fourth-order valence-corrected chi connectivity index (χ4v) is 5.50. The first-order chi connectivity index (χ1) is 19.7. The van der Waals surface area contributed by atoms with E-state index in [4.69, 9.17) is 19.7 Å².